The Morgan fingerprint density at radius 3 is 1.08 bits per heavy atom. The molecule has 1 saturated heterocycles. The van der Waals surface area contributed by atoms with Crippen molar-refractivity contribution in [2.45, 2.75) is 20.8 Å². The van der Waals surface area contributed by atoms with Crippen LogP contribution in [-0.2, 0) is 28.9 Å². The van der Waals surface area contributed by atoms with Crippen LogP contribution in [0.15, 0.2) is 36.5 Å². The molecule has 0 aromatic heterocycles. The predicted molar refractivity (Wildman–Crippen MR) is 82.8 cm³/mol. The Morgan fingerprint density at radius 2 is 0.875 bits per heavy atom. The third-order valence-corrected chi connectivity index (χ3v) is 2.51. The summed E-state index contributed by atoms with van der Waals surface area (Å²) in [6.45, 7) is 5.04. The molecule has 0 saturated carbocycles. The highest BCUT2D eigenvalue weighted by atomic mass is 16.8. The van der Waals surface area contributed by atoms with Crippen LogP contribution >= 0.6 is 0 Å². The molecule has 132 valence electrons. The molecule has 0 unspecified atom stereocenters. The highest BCUT2D eigenvalue weighted by molar-refractivity contribution is 5.82. The average molecular weight is 339 g/mol. The van der Waals surface area contributed by atoms with Gasteiger partial charge in [0.1, 0.15) is 20.0 Å². The van der Waals surface area contributed by atoms with Crippen LogP contribution in [0.25, 0.3) is 0 Å². The lowest BCUT2D eigenvalue weighted by atomic mass is 10.5. The van der Waals surface area contributed by atoms with Crippen LogP contribution in [0, 0.1) is 0 Å². The molecule has 0 amide bonds. The van der Waals surface area contributed by atoms with Gasteiger partial charge in [-0.05, 0) is 20.8 Å². The van der Waals surface area contributed by atoms with Gasteiger partial charge in [0.25, 0.3) is 0 Å². The molecule has 1 fully saturated rings. The second-order valence-corrected chi connectivity index (χ2v) is 4.60. The smallest absolute Gasteiger partial charge is 0.349 e. The molecule has 9 nitrogen and oxygen atoms in total. The first-order valence-electron chi connectivity index (χ1n) is 7.27. The van der Waals surface area contributed by atoms with E-state index in [1.807, 2.05) is 0 Å². The van der Waals surface area contributed by atoms with Crippen molar-refractivity contribution in [3.8, 4) is 0 Å². The zero-order chi connectivity index (χ0) is 17.9. The number of hydrogen-bond donors (Lipinski definition) is 0. The molecule has 24 heavy (non-hydrogen) atoms. The zero-order valence-electron chi connectivity index (χ0n) is 13.9. The summed E-state index contributed by atoms with van der Waals surface area (Å²) < 4.78 is 0. The summed E-state index contributed by atoms with van der Waals surface area (Å²) in [4.78, 5) is 49.9. The van der Waals surface area contributed by atoms with Gasteiger partial charge < -0.3 is 14.5 Å². The first-order valence-corrected chi connectivity index (χ1v) is 7.27. The van der Waals surface area contributed by atoms with Crippen LogP contribution in [0.4, 0.5) is 0 Å². The van der Waals surface area contributed by atoms with E-state index < -0.39 is 17.9 Å². The summed E-state index contributed by atoms with van der Waals surface area (Å²) in [5.41, 5.74) is 0. The van der Waals surface area contributed by atoms with Crippen LogP contribution in [0.1, 0.15) is 20.8 Å². The Morgan fingerprint density at radius 1 is 0.625 bits per heavy atom. The molecule has 1 aliphatic heterocycles. The Kier molecular flexibility index (Phi) is 8.41. The standard InChI is InChI=1S/C15H21N3O6/c1-4-7-13(19)22-16-10-17(23-14(20)8-5-2)12-18(11-16)24-15(21)9-6-3/h4-9H,10-12H2,1-3H3. The van der Waals surface area contributed by atoms with Gasteiger partial charge in [-0.3, -0.25) is 0 Å². The molecule has 0 aliphatic carbocycles. The number of hydrogen-bond acceptors (Lipinski definition) is 9. The summed E-state index contributed by atoms with van der Waals surface area (Å²) >= 11 is 0. The minimum absolute atomic E-state index is 0.00422. The predicted octanol–water partition coefficient (Wildman–Crippen LogP) is 0.881. The Labute approximate surface area is 140 Å². The van der Waals surface area contributed by atoms with Crippen molar-refractivity contribution in [3.05, 3.63) is 36.5 Å². The third-order valence-electron chi connectivity index (χ3n) is 2.51. The molecule has 0 aromatic rings. The molecule has 0 spiro atoms. The van der Waals surface area contributed by atoms with Gasteiger partial charge in [-0.2, -0.15) is 0 Å². The van der Waals surface area contributed by atoms with Gasteiger partial charge in [-0.15, -0.1) is 15.2 Å². The van der Waals surface area contributed by atoms with Gasteiger partial charge in [-0.25, -0.2) is 14.4 Å². The summed E-state index contributed by atoms with van der Waals surface area (Å²) in [5, 5.41) is 3.58. The number of allylic oxidation sites excluding steroid dienone is 3. The van der Waals surface area contributed by atoms with Gasteiger partial charge in [0.05, 0.1) is 0 Å². The number of rotatable bonds is 6. The van der Waals surface area contributed by atoms with E-state index in [4.69, 9.17) is 14.5 Å². The van der Waals surface area contributed by atoms with Crippen LogP contribution in [0.3, 0.4) is 0 Å². The Bertz CT molecular complexity index is 461. The molecule has 0 N–H and O–H groups in total. The minimum Gasteiger partial charge on any atom is -0.361 e. The lowest BCUT2D eigenvalue weighted by molar-refractivity contribution is -0.332. The maximum absolute atomic E-state index is 11.5. The molecule has 0 atom stereocenters. The fourth-order valence-corrected chi connectivity index (χ4v) is 1.72. The summed E-state index contributed by atoms with van der Waals surface area (Å²) in [5.74, 6) is -1.79. The number of carbonyl (C=O) groups excluding carboxylic acids is 3. The SMILES string of the molecule is CC=CC(=O)ON1CN(OC(=O)C=CC)CN(OC(=O)C=CC)C1. The van der Waals surface area contributed by atoms with Crippen molar-refractivity contribution in [3.63, 3.8) is 0 Å². The molecule has 0 bridgehead atoms. The van der Waals surface area contributed by atoms with Crippen molar-refractivity contribution >= 4 is 17.9 Å². The zero-order valence-corrected chi connectivity index (χ0v) is 13.9. The lowest BCUT2D eigenvalue weighted by Gasteiger charge is -2.37. The summed E-state index contributed by atoms with van der Waals surface area (Å²) in [6.07, 6.45) is 8.29. The van der Waals surface area contributed by atoms with E-state index in [9.17, 15) is 14.4 Å². The van der Waals surface area contributed by atoms with Crippen molar-refractivity contribution in [2.24, 2.45) is 0 Å². The third kappa shape index (κ3) is 7.18. The van der Waals surface area contributed by atoms with Gasteiger partial charge in [0.15, 0.2) is 0 Å². The molecule has 9 heteroatoms. The van der Waals surface area contributed by atoms with E-state index in [0.717, 1.165) is 0 Å². The normalized spacial score (nSPS) is 17.6. The van der Waals surface area contributed by atoms with Gasteiger partial charge in [0.2, 0.25) is 0 Å². The first kappa shape index (κ1) is 19.6. The highest BCUT2D eigenvalue weighted by Gasteiger charge is 2.30. The van der Waals surface area contributed by atoms with Crippen LogP contribution in [0.2, 0.25) is 0 Å². The number of carbonyl (C=O) groups is 3. The molecule has 1 rings (SSSR count). The Hall–Kier alpha value is -2.49. The maximum Gasteiger partial charge on any atom is 0.349 e. The molecule has 1 aliphatic rings. The van der Waals surface area contributed by atoms with E-state index in [0.29, 0.717) is 0 Å². The van der Waals surface area contributed by atoms with E-state index in [1.165, 1.54) is 51.6 Å². The topological polar surface area (TPSA) is 88.6 Å². The van der Waals surface area contributed by atoms with Gasteiger partial charge >= 0.3 is 17.9 Å². The fourth-order valence-electron chi connectivity index (χ4n) is 1.72. The lowest BCUT2D eigenvalue weighted by Crippen LogP contribution is -2.55. The van der Waals surface area contributed by atoms with Crippen LogP contribution in [0.5, 0.6) is 0 Å². The van der Waals surface area contributed by atoms with Crippen molar-refractivity contribution in [1.29, 1.82) is 0 Å². The number of hydroxylamine groups is 6. The molecular formula is C15H21N3O6. The molecular weight excluding hydrogens is 318 g/mol. The summed E-state index contributed by atoms with van der Waals surface area (Å²) in [6, 6.07) is 0. The average Bonchev–Trinajstić information content (AvgIpc) is 2.47. The largest absolute Gasteiger partial charge is 0.361 e. The monoisotopic (exact) mass is 339 g/mol. The highest BCUT2D eigenvalue weighted by Crippen LogP contribution is 2.10. The van der Waals surface area contributed by atoms with Gasteiger partial charge in [-0.1, -0.05) is 18.2 Å². The second-order valence-electron chi connectivity index (χ2n) is 4.60. The quantitative estimate of drug-likeness (QED) is 0.654. The van der Waals surface area contributed by atoms with Crippen LogP contribution in [-0.4, -0.2) is 53.1 Å². The van der Waals surface area contributed by atoms with Crippen molar-refractivity contribution in [2.75, 3.05) is 20.0 Å². The molecule has 1 heterocycles. The van der Waals surface area contributed by atoms with E-state index in [2.05, 4.69) is 0 Å². The molecule has 0 radical (unpaired) electrons. The van der Waals surface area contributed by atoms with E-state index >= 15 is 0 Å². The second kappa shape index (κ2) is 10.3. The van der Waals surface area contributed by atoms with Crippen LogP contribution < -0.4 is 0 Å². The maximum atomic E-state index is 11.5. The summed E-state index contributed by atoms with van der Waals surface area (Å²) in [7, 11) is 0. The fraction of sp³-hybridized carbons (Fsp3) is 0.400. The molecule has 0 aromatic carbocycles. The number of nitrogens with zero attached hydrogens (tertiary/aromatic N) is 3. The minimum atomic E-state index is -0.598. The Balaban J connectivity index is 2.75. The van der Waals surface area contributed by atoms with E-state index in [1.54, 1.807) is 20.8 Å². The van der Waals surface area contributed by atoms with Crippen molar-refractivity contribution in [1.82, 2.24) is 15.2 Å². The van der Waals surface area contributed by atoms with E-state index in [-0.39, 0.29) is 20.0 Å². The van der Waals surface area contributed by atoms with Gasteiger partial charge in [0, 0.05) is 18.2 Å². The first-order chi connectivity index (χ1) is 11.5. The van der Waals surface area contributed by atoms with Crippen molar-refractivity contribution < 1.29 is 28.9 Å².